The fraction of sp³-hybridized carbons (Fsp3) is 0.538. The molecule has 3 nitrogen and oxygen atoms in total. The first-order valence-corrected chi connectivity index (χ1v) is 5.95. The number of benzene rings is 1. The first-order chi connectivity index (χ1) is 8.62. The van der Waals surface area contributed by atoms with Crippen LogP contribution in [0.4, 0.5) is 8.78 Å². The zero-order valence-corrected chi connectivity index (χ0v) is 10.7. The number of aliphatic hydroxyl groups excluding tert-OH is 1. The molecule has 0 amide bonds. The number of hydrogen-bond donors (Lipinski definition) is 2. The van der Waals surface area contributed by atoms with E-state index in [0.717, 1.165) is 18.6 Å². The summed E-state index contributed by atoms with van der Waals surface area (Å²) in [6.07, 6.45) is 0.836. The lowest BCUT2D eigenvalue weighted by Crippen LogP contribution is -2.24. The Bertz CT molecular complexity index is 381. The van der Waals surface area contributed by atoms with Crippen molar-refractivity contribution in [3.05, 3.63) is 29.3 Å². The highest BCUT2D eigenvalue weighted by atomic mass is 19.1. The van der Waals surface area contributed by atoms with E-state index >= 15 is 0 Å². The summed E-state index contributed by atoms with van der Waals surface area (Å²) in [5.74, 6) is -1.04. The Morgan fingerprint density at radius 1 is 1.33 bits per heavy atom. The molecule has 0 saturated heterocycles. The fourth-order valence-corrected chi connectivity index (χ4v) is 1.61. The van der Waals surface area contributed by atoms with E-state index in [0.29, 0.717) is 6.54 Å². The van der Waals surface area contributed by atoms with Gasteiger partial charge in [0.1, 0.15) is 5.82 Å². The number of halogens is 2. The minimum atomic E-state index is -0.579. The smallest absolute Gasteiger partial charge is 0.165 e. The standard InChI is InChI=1S/C13H19F2NO2/c1-3-9(8-17)6-16-7-10-4-12(15)13(18-2)5-11(10)14/h4-5,9,16-17H,3,6-8H2,1-2H3. The van der Waals surface area contributed by atoms with Crippen LogP contribution in [0.2, 0.25) is 0 Å². The van der Waals surface area contributed by atoms with E-state index in [4.69, 9.17) is 5.11 Å². The van der Waals surface area contributed by atoms with Crippen molar-refractivity contribution in [3.8, 4) is 5.75 Å². The molecule has 5 heteroatoms. The van der Waals surface area contributed by atoms with E-state index in [-0.39, 0.29) is 30.4 Å². The number of hydrogen-bond acceptors (Lipinski definition) is 3. The largest absolute Gasteiger partial charge is 0.494 e. The molecule has 0 heterocycles. The lowest BCUT2D eigenvalue weighted by Gasteiger charge is -2.13. The van der Waals surface area contributed by atoms with Crippen LogP contribution in [0, 0.1) is 17.6 Å². The summed E-state index contributed by atoms with van der Waals surface area (Å²) in [6.45, 7) is 2.85. The van der Waals surface area contributed by atoms with Gasteiger partial charge in [0.15, 0.2) is 11.6 Å². The zero-order chi connectivity index (χ0) is 13.5. The quantitative estimate of drug-likeness (QED) is 0.787. The third kappa shape index (κ3) is 3.92. The Hall–Kier alpha value is -1.20. The summed E-state index contributed by atoms with van der Waals surface area (Å²) in [6, 6.07) is 2.16. The number of rotatable bonds is 7. The van der Waals surface area contributed by atoms with Crippen LogP contribution in [0.5, 0.6) is 5.75 Å². The summed E-state index contributed by atoms with van der Waals surface area (Å²) in [5.41, 5.74) is 0.251. The molecule has 1 aromatic carbocycles. The molecule has 2 N–H and O–H groups in total. The van der Waals surface area contributed by atoms with Crippen LogP contribution in [-0.4, -0.2) is 25.4 Å². The SMILES string of the molecule is CCC(CO)CNCc1cc(F)c(OC)cc1F. The highest BCUT2D eigenvalue weighted by Crippen LogP contribution is 2.21. The van der Waals surface area contributed by atoms with Gasteiger partial charge in [-0.25, -0.2) is 8.78 Å². The summed E-state index contributed by atoms with van der Waals surface area (Å²) in [7, 11) is 1.29. The van der Waals surface area contributed by atoms with Crippen molar-refractivity contribution in [2.75, 3.05) is 20.3 Å². The molecule has 0 aliphatic rings. The molecular formula is C13H19F2NO2. The van der Waals surface area contributed by atoms with Crippen molar-refractivity contribution < 1.29 is 18.6 Å². The number of nitrogens with one attached hydrogen (secondary N) is 1. The average molecular weight is 259 g/mol. The molecule has 1 unspecified atom stereocenters. The van der Waals surface area contributed by atoms with E-state index < -0.39 is 11.6 Å². The van der Waals surface area contributed by atoms with Gasteiger partial charge in [-0.15, -0.1) is 0 Å². The van der Waals surface area contributed by atoms with Crippen LogP contribution in [0.25, 0.3) is 0 Å². The number of methoxy groups -OCH3 is 1. The van der Waals surface area contributed by atoms with Crippen molar-refractivity contribution in [1.82, 2.24) is 5.32 Å². The van der Waals surface area contributed by atoms with Gasteiger partial charge in [0.25, 0.3) is 0 Å². The maximum atomic E-state index is 13.6. The third-order valence-electron chi connectivity index (χ3n) is 2.90. The van der Waals surface area contributed by atoms with Gasteiger partial charge < -0.3 is 15.2 Å². The number of aliphatic hydroxyl groups is 1. The molecule has 0 aromatic heterocycles. The van der Waals surface area contributed by atoms with Gasteiger partial charge in [0, 0.05) is 31.3 Å². The van der Waals surface area contributed by atoms with Crippen molar-refractivity contribution in [3.63, 3.8) is 0 Å². The normalized spacial score (nSPS) is 12.5. The molecule has 0 aliphatic heterocycles. The van der Waals surface area contributed by atoms with Crippen LogP contribution in [-0.2, 0) is 6.54 Å². The summed E-state index contributed by atoms with van der Waals surface area (Å²) in [5, 5.41) is 12.0. The van der Waals surface area contributed by atoms with Crippen LogP contribution in [0.1, 0.15) is 18.9 Å². The monoisotopic (exact) mass is 259 g/mol. The second-order valence-corrected chi connectivity index (χ2v) is 4.17. The summed E-state index contributed by atoms with van der Waals surface area (Å²) < 4.78 is 31.6. The van der Waals surface area contributed by atoms with E-state index in [1.165, 1.54) is 7.11 Å². The molecule has 0 saturated carbocycles. The minimum Gasteiger partial charge on any atom is -0.494 e. The highest BCUT2D eigenvalue weighted by Gasteiger charge is 2.11. The molecule has 1 aromatic rings. The van der Waals surface area contributed by atoms with Crippen molar-refractivity contribution in [2.45, 2.75) is 19.9 Å². The predicted molar refractivity (Wildman–Crippen MR) is 65.5 cm³/mol. The Kier molecular flexibility index (Phi) is 6.01. The molecule has 0 bridgehead atoms. The Labute approximate surface area is 106 Å². The fourth-order valence-electron chi connectivity index (χ4n) is 1.61. The second-order valence-electron chi connectivity index (χ2n) is 4.17. The molecule has 1 rings (SSSR count). The summed E-state index contributed by atoms with van der Waals surface area (Å²) >= 11 is 0. The molecule has 0 radical (unpaired) electrons. The minimum absolute atomic E-state index is 0.0863. The molecular weight excluding hydrogens is 240 g/mol. The lowest BCUT2D eigenvalue weighted by atomic mass is 10.1. The maximum absolute atomic E-state index is 13.6. The maximum Gasteiger partial charge on any atom is 0.165 e. The highest BCUT2D eigenvalue weighted by molar-refractivity contribution is 5.30. The Morgan fingerprint density at radius 3 is 2.61 bits per heavy atom. The zero-order valence-electron chi connectivity index (χ0n) is 10.7. The first kappa shape index (κ1) is 14.9. The van der Waals surface area contributed by atoms with E-state index in [1.807, 2.05) is 6.92 Å². The molecule has 1 atom stereocenters. The molecule has 0 aliphatic carbocycles. The van der Waals surface area contributed by atoms with Crippen molar-refractivity contribution >= 4 is 0 Å². The van der Waals surface area contributed by atoms with Gasteiger partial charge in [0.2, 0.25) is 0 Å². The van der Waals surface area contributed by atoms with Crippen LogP contribution in [0.15, 0.2) is 12.1 Å². The van der Waals surface area contributed by atoms with E-state index in [1.54, 1.807) is 0 Å². The van der Waals surface area contributed by atoms with Crippen LogP contribution in [0.3, 0.4) is 0 Å². The van der Waals surface area contributed by atoms with Crippen molar-refractivity contribution in [1.29, 1.82) is 0 Å². The van der Waals surface area contributed by atoms with E-state index in [2.05, 4.69) is 10.1 Å². The predicted octanol–water partition coefficient (Wildman–Crippen LogP) is 2.08. The molecule has 0 fully saturated rings. The molecule has 18 heavy (non-hydrogen) atoms. The van der Waals surface area contributed by atoms with Gasteiger partial charge in [0.05, 0.1) is 7.11 Å². The Morgan fingerprint density at radius 2 is 2.06 bits per heavy atom. The van der Waals surface area contributed by atoms with Gasteiger partial charge >= 0.3 is 0 Å². The van der Waals surface area contributed by atoms with E-state index in [9.17, 15) is 8.78 Å². The van der Waals surface area contributed by atoms with Gasteiger partial charge in [-0.3, -0.25) is 0 Å². The van der Waals surface area contributed by atoms with Gasteiger partial charge in [-0.1, -0.05) is 6.92 Å². The first-order valence-electron chi connectivity index (χ1n) is 5.95. The van der Waals surface area contributed by atoms with Crippen LogP contribution < -0.4 is 10.1 Å². The second kappa shape index (κ2) is 7.28. The van der Waals surface area contributed by atoms with Gasteiger partial charge in [-0.2, -0.15) is 0 Å². The molecule has 0 spiro atoms. The van der Waals surface area contributed by atoms with Crippen molar-refractivity contribution in [2.24, 2.45) is 5.92 Å². The Balaban J connectivity index is 2.60. The lowest BCUT2D eigenvalue weighted by molar-refractivity contribution is 0.218. The van der Waals surface area contributed by atoms with Gasteiger partial charge in [-0.05, 0) is 18.4 Å². The van der Waals surface area contributed by atoms with Crippen LogP contribution >= 0.6 is 0 Å². The third-order valence-corrected chi connectivity index (χ3v) is 2.90. The number of ether oxygens (including phenoxy) is 1. The topological polar surface area (TPSA) is 41.5 Å². The average Bonchev–Trinajstić information content (AvgIpc) is 2.38. The molecule has 102 valence electrons. The summed E-state index contributed by atoms with van der Waals surface area (Å²) in [4.78, 5) is 0.